The summed E-state index contributed by atoms with van der Waals surface area (Å²) in [5, 5.41) is 10.7. The summed E-state index contributed by atoms with van der Waals surface area (Å²) in [7, 11) is 0. The van der Waals surface area contributed by atoms with Gasteiger partial charge in [0.15, 0.2) is 12.4 Å². The van der Waals surface area contributed by atoms with E-state index in [-0.39, 0.29) is 24.0 Å². The molecule has 1 amide bonds. The van der Waals surface area contributed by atoms with Crippen molar-refractivity contribution in [2.75, 3.05) is 32.9 Å². The van der Waals surface area contributed by atoms with Crippen LogP contribution < -0.4 is 4.74 Å². The Balaban J connectivity index is 1.52. The summed E-state index contributed by atoms with van der Waals surface area (Å²) in [5.41, 5.74) is 1.15. The van der Waals surface area contributed by atoms with Crippen molar-refractivity contribution in [1.29, 1.82) is 0 Å². The molecule has 3 rings (SSSR count). The number of rotatable bonds is 7. The number of ketones is 1. The average molecular weight is 396 g/mol. The summed E-state index contributed by atoms with van der Waals surface area (Å²) in [5.74, 6) is 0.196. The topological polar surface area (TPSA) is 99.0 Å². The largest absolute Gasteiger partial charge is 0.484 e. The van der Waals surface area contributed by atoms with Crippen molar-refractivity contribution in [2.45, 2.75) is 0 Å². The molecule has 0 bridgehead atoms. The van der Waals surface area contributed by atoms with Gasteiger partial charge in [-0.25, -0.2) is 0 Å². The summed E-state index contributed by atoms with van der Waals surface area (Å²) in [4.78, 5) is 36.2. The van der Waals surface area contributed by atoms with Gasteiger partial charge in [0.25, 0.3) is 11.6 Å². The second kappa shape index (κ2) is 9.61. The van der Waals surface area contributed by atoms with Gasteiger partial charge in [0.2, 0.25) is 0 Å². The zero-order valence-electron chi connectivity index (χ0n) is 15.7. The van der Waals surface area contributed by atoms with E-state index < -0.39 is 4.92 Å². The molecule has 0 aromatic heterocycles. The molecule has 0 aliphatic carbocycles. The van der Waals surface area contributed by atoms with Crippen molar-refractivity contribution in [3.63, 3.8) is 0 Å². The molecule has 2 aromatic rings. The molecule has 1 saturated heterocycles. The second-order valence-electron chi connectivity index (χ2n) is 6.35. The van der Waals surface area contributed by atoms with Gasteiger partial charge < -0.3 is 14.4 Å². The Morgan fingerprint density at radius 1 is 1.07 bits per heavy atom. The number of ether oxygens (including phenoxy) is 2. The molecule has 1 fully saturated rings. The van der Waals surface area contributed by atoms with Crippen LogP contribution >= 0.6 is 0 Å². The van der Waals surface area contributed by atoms with E-state index in [1.807, 2.05) is 0 Å². The third-order valence-corrected chi connectivity index (χ3v) is 4.40. The molecule has 0 saturated carbocycles. The number of nitrogens with zero attached hydrogens (tertiary/aromatic N) is 2. The van der Waals surface area contributed by atoms with E-state index in [1.165, 1.54) is 18.2 Å². The van der Waals surface area contributed by atoms with Crippen LogP contribution in [0.1, 0.15) is 15.9 Å². The smallest absolute Gasteiger partial charge is 0.269 e. The Kier molecular flexibility index (Phi) is 6.70. The predicted octanol–water partition coefficient (Wildman–Crippen LogP) is 2.73. The first-order valence-corrected chi connectivity index (χ1v) is 9.08. The Bertz CT molecular complexity index is 900. The molecule has 0 unspecified atom stereocenters. The minimum absolute atomic E-state index is 0.00355. The van der Waals surface area contributed by atoms with Gasteiger partial charge in [-0.2, -0.15) is 0 Å². The molecule has 150 valence electrons. The molecule has 8 heteroatoms. The molecule has 1 heterocycles. The van der Waals surface area contributed by atoms with Crippen molar-refractivity contribution >= 4 is 23.5 Å². The van der Waals surface area contributed by atoms with Crippen LogP contribution in [0.4, 0.5) is 5.69 Å². The molecule has 0 N–H and O–H groups in total. The van der Waals surface area contributed by atoms with Crippen LogP contribution in [0.2, 0.25) is 0 Å². The molecular weight excluding hydrogens is 376 g/mol. The number of nitro groups is 1. The van der Waals surface area contributed by atoms with E-state index in [4.69, 9.17) is 9.47 Å². The van der Waals surface area contributed by atoms with Crippen molar-refractivity contribution in [3.05, 3.63) is 75.8 Å². The van der Waals surface area contributed by atoms with Gasteiger partial charge in [0.05, 0.1) is 18.1 Å². The highest BCUT2D eigenvalue weighted by Gasteiger charge is 2.17. The summed E-state index contributed by atoms with van der Waals surface area (Å²) in [6.07, 6.45) is 3.00. The van der Waals surface area contributed by atoms with Crippen LogP contribution in [0.3, 0.4) is 0 Å². The standard InChI is InChI=1S/C21H20N2O6/c24-20(10-3-16-1-6-18(7-2-16)23(26)27)17-4-8-19(9-5-17)29-15-21(25)22-11-13-28-14-12-22/h1-10H,11-15H2/b10-3+. The molecule has 0 spiro atoms. The Morgan fingerprint density at radius 3 is 2.34 bits per heavy atom. The number of carbonyl (C=O) groups excluding carboxylic acids is 2. The molecule has 0 radical (unpaired) electrons. The van der Waals surface area contributed by atoms with Gasteiger partial charge in [-0.3, -0.25) is 19.7 Å². The number of hydrogen-bond donors (Lipinski definition) is 0. The lowest BCUT2D eigenvalue weighted by Crippen LogP contribution is -2.42. The fourth-order valence-corrected chi connectivity index (χ4v) is 2.74. The van der Waals surface area contributed by atoms with Gasteiger partial charge in [-0.1, -0.05) is 6.08 Å². The highest BCUT2D eigenvalue weighted by atomic mass is 16.6. The Labute approximate surface area is 167 Å². The molecular formula is C21H20N2O6. The minimum atomic E-state index is -0.475. The maximum absolute atomic E-state index is 12.3. The first-order valence-electron chi connectivity index (χ1n) is 9.08. The third kappa shape index (κ3) is 5.73. The van der Waals surface area contributed by atoms with Gasteiger partial charge >= 0.3 is 0 Å². The minimum Gasteiger partial charge on any atom is -0.484 e. The van der Waals surface area contributed by atoms with Gasteiger partial charge in [0, 0.05) is 30.8 Å². The lowest BCUT2D eigenvalue weighted by atomic mass is 10.1. The Hall–Kier alpha value is -3.52. The fourth-order valence-electron chi connectivity index (χ4n) is 2.74. The van der Waals surface area contributed by atoms with E-state index >= 15 is 0 Å². The molecule has 8 nitrogen and oxygen atoms in total. The SMILES string of the molecule is O=C(/C=C/c1ccc([N+](=O)[O-])cc1)c1ccc(OCC(=O)N2CCOCC2)cc1. The molecule has 1 aliphatic rings. The summed E-state index contributed by atoms with van der Waals surface area (Å²) >= 11 is 0. The lowest BCUT2D eigenvalue weighted by Gasteiger charge is -2.26. The number of allylic oxidation sites excluding steroid dienone is 1. The van der Waals surface area contributed by atoms with E-state index in [2.05, 4.69) is 0 Å². The zero-order valence-corrected chi connectivity index (χ0v) is 15.7. The number of morpholine rings is 1. The highest BCUT2D eigenvalue weighted by Crippen LogP contribution is 2.15. The first-order chi connectivity index (χ1) is 14.0. The van der Waals surface area contributed by atoms with E-state index in [0.717, 1.165) is 0 Å². The molecule has 1 aliphatic heterocycles. The van der Waals surface area contributed by atoms with Crippen molar-refractivity contribution in [3.8, 4) is 5.75 Å². The number of non-ortho nitro benzene ring substituents is 1. The summed E-state index contributed by atoms with van der Waals surface area (Å²) in [6, 6.07) is 12.4. The van der Waals surface area contributed by atoms with Crippen LogP contribution in [-0.2, 0) is 9.53 Å². The van der Waals surface area contributed by atoms with Gasteiger partial charge in [0.1, 0.15) is 5.75 Å². The number of carbonyl (C=O) groups is 2. The molecule has 0 atom stereocenters. The molecule has 2 aromatic carbocycles. The third-order valence-electron chi connectivity index (χ3n) is 4.40. The van der Waals surface area contributed by atoms with Crippen molar-refractivity contribution in [1.82, 2.24) is 4.90 Å². The summed E-state index contributed by atoms with van der Waals surface area (Å²) in [6.45, 7) is 2.15. The maximum atomic E-state index is 12.3. The number of hydrogen-bond acceptors (Lipinski definition) is 6. The van der Waals surface area contributed by atoms with Crippen LogP contribution in [0.5, 0.6) is 5.75 Å². The lowest BCUT2D eigenvalue weighted by molar-refractivity contribution is -0.384. The van der Waals surface area contributed by atoms with Crippen LogP contribution in [0.25, 0.3) is 6.08 Å². The zero-order chi connectivity index (χ0) is 20.6. The first kappa shape index (κ1) is 20.2. The van der Waals surface area contributed by atoms with Crippen LogP contribution in [0.15, 0.2) is 54.6 Å². The van der Waals surface area contributed by atoms with Crippen LogP contribution in [0, 0.1) is 10.1 Å². The average Bonchev–Trinajstić information content (AvgIpc) is 2.77. The van der Waals surface area contributed by atoms with Crippen molar-refractivity contribution < 1.29 is 24.0 Å². The monoisotopic (exact) mass is 396 g/mol. The normalized spacial score (nSPS) is 14.0. The second-order valence-corrected chi connectivity index (χ2v) is 6.35. The van der Waals surface area contributed by atoms with E-state index in [1.54, 1.807) is 47.4 Å². The number of benzene rings is 2. The fraction of sp³-hybridized carbons (Fsp3) is 0.238. The predicted molar refractivity (Wildman–Crippen MR) is 106 cm³/mol. The van der Waals surface area contributed by atoms with Gasteiger partial charge in [-0.05, 0) is 48.0 Å². The summed E-state index contributed by atoms with van der Waals surface area (Å²) < 4.78 is 10.7. The quantitative estimate of drug-likeness (QED) is 0.309. The number of amides is 1. The van der Waals surface area contributed by atoms with E-state index in [9.17, 15) is 19.7 Å². The Morgan fingerprint density at radius 2 is 1.72 bits per heavy atom. The van der Waals surface area contributed by atoms with Crippen LogP contribution in [-0.4, -0.2) is 54.4 Å². The van der Waals surface area contributed by atoms with E-state index in [0.29, 0.717) is 43.2 Å². The highest BCUT2D eigenvalue weighted by molar-refractivity contribution is 6.06. The number of nitro benzene ring substituents is 1. The molecule has 29 heavy (non-hydrogen) atoms. The van der Waals surface area contributed by atoms with Gasteiger partial charge in [-0.15, -0.1) is 0 Å². The van der Waals surface area contributed by atoms with Crippen molar-refractivity contribution in [2.24, 2.45) is 0 Å². The maximum Gasteiger partial charge on any atom is 0.269 e.